The first-order chi connectivity index (χ1) is 6.20. The Morgan fingerprint density at radius 2 is 2.31 bits per heavy atom. The van der Waals surface area contributed by atoms with Gasteiger partial charge in [-0.1, -0.05) is 12.2 Å². The third-order valence-corrected chi connectivity index (χ3v) is 2.43. The molecule has 0 saturated heterocycles. The molecule has 1 amide bonds. The molecular weight excluding hydrogens is 164 g/mol. The maximum absolute atomic E-state index is 10.9. The summed E-state index contributed by atoms with van der Waals surface area (Å²) in [6, 6.07) is 0. The zero-order valence-corrected chi connectivity index (χ0v) is 8.49. The van der Waals surface area contributed by atoms with E-state index in [1.54, 1.807) is 11.8 Å². The lowest BCUT2D eigenvalue weighted by atomic mass is 10.2. The van der Waals surface area contributed by atoms with Gasteiger partial charge in [0.25, 0.3) is 0 Å². The molecule has 0 N–H and O–H groups in total. The van der Waals surface area contributed by atoms with Crippen LogP contribution in [-0.4, -0.2) is 48.9 Å². The summed E-state index contributed by atoms with van der Waals surface area (Å²) in [6.07, 6.45) is 5.55. The monoisotopic (exact) mass is 182 g/mol. The van der Waals surface area contributed by atoms with E-state index in [9.17, 15) is 4.79 Å². The summed E-state index contributed by atoms with van der Waals surface area (Å²) in [5.74, 6) is 0.146. The van der Waals surface area contributed by atoms with Crippen molar-refractivity contribution in [3.8, 4) is 0 Å². The molecule has 1 heterocycles. The van der Waals surface area contributed by atoms with Crippen molar-refractivity contribution in [1.82, 2.24) is 9.80 Å². The maximum Gasteiger partial charge on any atom is 0.219 e. The molecule has 0 aromatic carbocycles. The van der Waals surface area contributed by atoms with E-state index in [1.165, 1.54) is 0 Å². The Labute approximate surface area is 80.0 Å². The lowest BCUT2D eigenvalue weighted by molar-refractivity contribution is -0.127. The minimum absolute atomic E-state index is 0.146. The van der Waals surface area contributed by atoms with Gasteiger partial charge in [-0.25, -0.2) is 0 Å². The van der Waals surface area contributed by atoms with E-state index in [0.29, 0.717) is 0 Å². The van der Waals surface area contributed by atoms with Gasteiger partial charge in [-0.15, -0.1) is 0 Å². The normalized spacial score (nSPS) is 17.4. The van der Waals surface area contributed by atoms with Gasteiger partial charge >= 0.3 is 0 Å². The third-order valence-electron chi connectivity index (χ3n) is 2.43. The number of carbonyl (C=O) groups is 1. The molecule has 3 nitrogen and oxygen atoms in total. The smallest absolute Gasteiger partial charge is 0.219 e. The Kier molecular flexibility index (Phi) is 3.96. The first-order valence-corrected chi connectivity index (χ1v) is 4.79. The van der Waals surface area contributed by atoms with Crippen molar-refractivity contribution in [2.24, 2.45) is 0 Å². The van der Waals surface area contributed by atoms with Crippen molar-refractivity contribution >= 4 is 5.91 Å². The van der Waals surface area contributed by atoms with Crippen LogP contribution in [0.4, 0.5) is 0 Å². The standard InChI is InChI=1S/C10H18N2O/c1-10(13)11(2)8-9-12-6-4-3-5-7-12/h3-4H,5-9H2,1-2H3. The van der Waals surface area contributed by atoms with Crippen LogP contribution in [0.2, 0.25) is 0 Å². The fourth-order valence-corrected chi connectivity index (χ4v) is 1.34. The molecule has 74 valence electrons. The lowest BCUT2D eigenvalue weighted by Gasteiger charge is -2.25. The van der Waals surface area contributed by atoms with E-state index >= 15 is 0 Å². The van der Waals surface area contributed by atoms with Crippen molar-refractivity contribution in [3.05, 3.63) is 12.2 Å². The van der Waals surface area contributed by atoms with E-state index < -0.39 is 0 Å². The minimum Gasteiger partial charge on any atom is -0.345 e. The van der Waals surface area contributed by atoms with Gasteiger partial charge < -0.3 is 4.90 Å². The van der Waals surface area contributed by atoms with Gasteiger partial charge in [0.2, 0.25) is 5.91 Å². The van der Waals surface area contributed by atoms with Crippen molar-refractivity contribution in [2.45, 2.75) is 13.3 Å². The molecule has 1 aliphatic rings. The lowest BCUT2D eigenvalue weighted by Crippen LogP contribution is -2.36. The molecule has 0 aliphatic carbocycles. The molecule has 0 bridgehead atoms. The van der Waals surface area contributed by atoms with E-state index in [0.717, 1.165) is 32.6 Å². The topological polar surface area (TPSA) is 23.6 Å². The van der Waals surface area contributed by atoms with Gasteiger partial charge in [-0.3, -0.25) is 9.69 Å². The molecular formula is C10H18N2O. The van der Waals surface area contributed by atoms with Gasteiger partial charge in [0.05, 0.1) is 0 Å². The summed E-state index contributed by atoms with van der Waals surface area (Å²) in [6.45, 7) is 5.59. The van der Waals surface area contributed by atoms with Crippen LogP contribution in [0, 0.1) is 0 Å². The number of hydrogen-bond acceptors (Lipinski definition) is 2. The molecule has 0 aromatic rings. The Morgan fingerprint density at radius 3 is 2.85 bits per heavy atom. The Hall–Kier alpha value is -0.830. The van der Waals surface area contributed by atoms with Gasteiger partial charge in [-0.2, -0.15) is 0 Å². The summed E-state index contributed by atoms with van der Waals surface area (Å²) < 4.78 is 0. The molecule has 1 aliphatic heterocycles. The van der Waals surface area contributed by atoms with Crippen LogP contribution in [0.3, 0.4) is 0 Å². The van der Waals surface area contributed by atoms with Gasteiger partial charge in [0.1, 0.15) is 0 Å². The summed E-state index contributed by atoms with van der Waals surface area (Å²) in [7, 11) is 1.85. The molecule has 0 atom stereocenters. The molecule has 0 fully saturated rings. The molecule has 3 heteroatoms. The van der Waals surface area contributed by atoms with Crippen LogP contribution in [0.25, 0.3) is 0 Å². The molecule has 0 aromatic heterocycles. The van der Waals surface area contributed by atoms with Gasteiger partial charge in [-0.05, 0) is 6.42 Å². The number of nitrogens with zero attached hydrogens (tertiary/aromatic N) is 2. The first-order valence-electron chi connectivity index (χ1n) is 4.79. The summed E-state index contributed by atoms with van der Waals surface area (Å²) >= 11 is 0. The fourth-order valence-electron chi connectivity index (χ4n) is 1.34. The fraction of sp³-hybridized carbons (Fsp3) is 0.700. The second-order valence-electron chi connectivity index (χ2n) is 3.50. The number of likely N-dealkylation sites (N-methyl/N-ethyl adjacent to an activating group) is 1. The van der Waals surface area contributed by atoms with E-state index in [4.69, 9.17) is 0 Å². The highest BCUT2D eigenvalue weighted by molar-refractivity contribution is 5.72. The zero-order chi connectivity index (χ0) is 9.68. The minimum atomic E-state index is 0.146. The van der Waals surface area contributed by atoms with Gasteiger partial charge in [0, 0.05) is 40.2 Å². The number of amides is 1. The van der Waals surface area contributed by atoms with Gasteiger partial charge in [0.15, 0.2) is 0 Å². The Morgan fingerprint density at radius 1 is 1.54 bits per heavy atom. The predicted molar refractivity (Wildman–Crippen MR) is 53.5 cm³/mol. The van der Waals surface area contributed by atoms with Crippen LogP contribution in [0.1, 0.15) is 13.3 Å². The van der Waals surface area contributed by atoms with Crippen molar-refractivity contribution in [1.29, 1.82) is 0 Å². The Bertz CT molecular complexity index is 201. The third kappa shape index (κ3) is 3.59. The average Bonchev–Trinajstić information content (AvgIpc) is 2.15. The molecule has 0 radical (unpaired) electrons. The summed E-state index contributed by atoms with van der Waals surface area (Å²) in [5, 5.41) is 0. The quantitative estimate of drug-likeness (QED) is 0.601. The highest BCUT2D eigenvalue weighted by atomic mass is 16.2. The molecule has 0 saturated carbocycles. The molecule has 1 rings (SSSR count). The number of rotatable bonds is 3. The molecule has 0 spiro atoms. The SMILES string of the molecule is CC(=O)N(C)CCN1CC=CCC1. The largest absolute Gasteiger partial charge is 0.345 e. The molecule has 13 heavy (non-hydrogen) atoms. The highest BCUT2D eigenvalue weighted by Crippen LogP contribution is 2.00. The van der Waals surface area contributed by atoms with Crippen LogP contribution >= 0.6 is 0 Å². The zero-order valence-electron chi connectivity index (χ0n) is 8.49. The maximum atomic E-state index is 10.9. The number of carbonyl (C=O) groups excluding carboxylic acids is 1. The second-order valence-corrected chi connectivity index (χ2v) is 3.50. The van der Waals surface area contributed by atoms with Crippen molar-refractivity contribution in [3.63, 3.8) is 0 Å². The number of hydrogen-bond donors (Lipinski definition) is 0. The molecule has 0 unspecified atom stereocenters. The first kappa shape index (κ1) is 10.3. The van der Waals surface area contributed by atoms with Crippen molar-refractivity contribution in [2.75, 3.05) is 33.2 Å². The van der Waals surface area contributed by atoms with Crippen LogP contribution in [-0.2, 0) is 4.79 Å². The van der Waals surface area contributed by atoms with Crippen molar-refractivity contribution < 1.29 is 4.79 Å². The average molecular weight is 182 g/mol. The van der Waals surface area contributed by atoms with E-state index in [-0.39, 0.29) is 5.91 Å². The van der Waals surface area contributed by atoms with Crippen LogP contribution in [0.5, 0.6) is 0 Å². The summed E-state index contributed by atoms with van der Waals surface area (Å²) in [4.78, 5) is 15.0. The Balaban J connectivity index is 2.18. The van der Waals surface area contributed by atoms with E-state index in [2.05, 4.69) is 17.1 Å². The summed E-state index contributed by atoms with van der Waals surface area (Å²) in [5.41, 5.74) is 0. The van der Waals surface area contributed by atoms with E-state index in [1.807, 2.05) is 7.05 Å². The van der Waals surface area contributed by atoms with Crippen LogP contribution in [0.15, 0.2) is 12.2 Å². The predicted octanol–water partition coefficient (Wildman–Crippen LogP) is 0.727. The van der Waals surface area contributed by atoms with Crippen LogP contribution < -0.4 is 0 Å². The highest BCUT2D eigenvalue weighted by Gasteiger charge is 2.07. The second kappa shape index (κ2) is 5.02.